The van der Waals surface area contributed by atoms with E-state index in [1.165, 1.54) is 12.8 Å². The summed E-state index contributed by atoms with van der Waals surface area (Å²) < 4.78 is 22.8. The van der Waals surface area contributed by atoms with Crippen molar-refractivity contribution in [2.45, 2.75) is 57.2 Å². The highest BCUT2D eigenvalue weighted by Gasteiger charge is 2.39. The first-order chi connectivity index (χ1) is 8.02. The summed E-state index contributed by atoms with van der Waals surface area (Å²) in [6, 6.07) is 0.987. The van der Waals surface area contributed by atoms with E-state index in [1.807, 2.05) is 0 Å². The van der Waals surface area contributed by atoms with Gasteiger partial charge in [-0.2, -0.15) is 0 Å². The van der Waals surface area contributed by atoms with Gasteiger partial charge in [-0.05, 0) is 38.6 Å². The van der Waals surface area contributed by atoms with Gasteiger partial charge in [-0.15, -0.1) is 0 Å². The molecule has 2 fully saturated rings. The van der Waals surface area contributed by atoms with Crippen molar-refractivity contribution in [2.24, 2.45) is 0 Å². The normalized spacial score (nSPS) is 34.1. The molecule has 0 aliphatic carbocycles. The zero-order valence-corrected chi connectivity index (χ0v) is 11.3. The molecule has 0 aromatic heterocycles. The van der Waals surface area contributed by atoms with Crippen LogP contribution in [0.4, 0.5) is 0 Å². The predicted molar refractivity (Wildman–Crippen MR) is 67.7 cm³/mol. The number of nitrogens with zero attached hydrogens (tertiary/aromatic N) is 1. The Morgan fingerprint density at radius 2 is 1.82 bits per heavy atom. The van der Waals surface area contributed by atoms with Gasteiger partial charge < -0.3 is 5.11 Å². The van der Waals surface area contributed by atoms with E-state index in [4.69, 9.17) is 0 Å². The van der Waals surface area contributed by atoms with Crippen LogP contribution in [-0.4, -0.2) is 54.7 Å². The molecule has 2 aliphatic heterocycles. The van der Waals surface area contributed by atoms with Gasteiger partial charge in [0.25, 0.3) is 0 Å². The Balaban J connectivity index is 1.81. The van der Waals surface area contributed by atoms with Crippen molar-refractivity contribution in [2.75, 3.05) is 18.1 Å². The van der Waals surface area contributed by atoms with Crippen molar-refractivity contribution in [3.63, 3.8) is 0 Å². The average Bonchev–Trinajstić information content (AvgIpc) is 2.52. The number of aliphatic hydroxyl groups excluding tert-OH is 1. The largest absolute Gasteiger partial charge is 0.393 e. The van der Waals surface area contributed by atoms with E-state index in [0.29, 0.717) is 17.8 Å². The molecule has 17 heavy (non-hydrogen) atoms. The molecular formula is C12H23NO3S. The van der Waals surface area contributed by atoms with E-state index in [0.717, 1.165) is 25.8 Å². The second-order valence-corrected chi connectivity index (χ2v) is 7.81. The summed E-state index contributed by atoms with van der Waals surface area (Å²) in [6.07, 6.45) is 4.68. The fourth-order valence-corrected chi connectivity index (χ4v) is 4.08. The lowest BCUT2D eigenvalue weighted by Gasteiger charge is -2.37. The van der Waals surface area contributed by atoms with Crippen LogP contribution >= 0.6 is 0 Å². The minimum atomic E-state index is -2.82. The molecule has 2 atom stereocenters. The number of hydrogen-bond donors (Lipinski definition) is 1. The molecule has 0 aromatic rings. The topological polar surface area (TPSA) is 57.6 Å². The summed E-state index contributed by atoms with van der Waals surface area (Å²) in [5, 5.41) is 9.68. The van der Waals surface area contributed by atoms with Gasteiger partial charge in [0, 0.05) is 17.8 Å². The average molecular weight is 261 g/mol. The molecule has 2 heterocycles. The first-order valence-electron chi connectivity index (χ1n) is 6.66. The van der Waals surface area contributed by atoms with Crippen LogP contribution in [0.3, 0.4) is 0 Å². The van der Waals surface area contributed by atoms with Crippen LogP contribution in [0.5, 0.6) is 0 Å². The third kappa shape index (κ3) is 3.20. The number of rotatable bonds is 5. The molecular weight excluding hydrogens is 238 g/mol. The highest BCUT2D eigenvalue weighted by atomic mass is 32.2. The summed E-state index contributed by atoms with van der Waals surface area (Å²) in [4.78, 5) is 2.43. The lowest BCUT2D eigenvalue weighted by molar-refractivity contribution is 0.0357. The molecule has 1 N–H and O–H groups in total. The van der Waals surface area contributed by atoms with E-state index in [-0.39, 0.29) is 11.9 Å². The molecule has 2 bridgehead atoms. The van der Waals surface area contributed by atoms with Crippen LogP contribution in [0.15, 0.2) is 0 Å². The Hall–Kier alpha value is -0.130. The third-order valence-electron chi connectivity index (χ3n) is 4.17. The molecule has 2 rings (SSSR count). The fourth-order valence-electron chi connectivity index (χ4n) is 3.22. The molecule has 2 saturated heterocycles. The second-order valence-electron chi connectivity index (χ2n) is 5.34. The number of fused-ring (bicyclic) bond motifs is 2. The summed E-state index contributed by atoms with van der Waals surface area (Å²) in [6.45, 7) is 2.58. The fraction of sp³-hybridized carbons (Fsp3) is 1.00. The van der Waals surface area contributed by atoms with Gasteiger partial charge in [0.15, 0.2) is 0 Å². The lowest BCUT2D eigenvalue weighted by atomic mass is 10.00. The zero-order chi connectivity index (χ0) is 12.5. The van der Waals surface area contributed by atoms with Gasteiger partial charge in [-0.1, -0.05) is 6.92 Å². The maximum absolute atomic E-state index is 11.4. The standard InChI is InChI=1S/C12H23NO3S/c1-2-17(15,16)7-3-6-13-10-4-5-11(13)9-12(14)8-10/h10-12,14H,2-9H2,1H3. The van der Waals surface area contributed by atoms with Crippen molar-refractivity contribution >= 4 is 9.84 Å². The Bertz CT molecular complexity index is 341. The van der Waals surface area contributed by atoms with Crippen LogP contribution in [0.2, 0.25) is 0 Å². The number of piperidine rings is 1. The summed E-state index contributed by atoms with van der Waals surface area (Å²) in [5.41, 5.74) is 0. The first kappa shape index (κ1) is 13.3. The maximum atomic E-state index is 11.4. The van der Waals surface area contributed by atoms with Gasteiger partial charge in [0.1, 0.15) is 9.84 Å². The molecule has 0 spiro atoms. The Labute approximate surface area is 104 Å². The SMILES string of the molecule is CCS(=O)(=O)CCCN1C2CCC1CC(O)C2. The van der Waals surface area contributed by atoms with Gasteiger partial charge in [-0.3, -0.25) is 4.90 Å². The highest BCUT2D eigenvalue weighted by molar-refractivity contribution is 7.91. The molecule has 0 saturated carbocycles. The molecule has 2 aliphatic rings. The van der Waals surface area contributed by atoms with E-state index in [1.54, 1.807) is 6.92 Å². The van der Waals surface area contributed by atoms with Gasteiger partial charge >= 0.3 is 0 Å². The van der Waals surface area contributed by atoms with Crippen LogP contribution in [-0.2, 0) is 9.84 Å². The first-order valence-corrected chi connectivity index (χ1v) is 8.48. The summed E-state index contributed by atoms with van der Waals surface area (Å²) in [7, 11) is -2.82. The van der Waals surface area contributed by atoms with E-state index in [2.05, 4.69) is 4.90 Å². The number of sulfone groups is 1. The van der Waals surface area contributed by atoms with E-state index < -0.39 is 9.84 Å². The minimum absolute atomic E-state index is 0.136. The Kier molecular flexibility index (Phi) is 4.10. The van der Waals surface area contributed by atoms with Crippen molar-refractivity contribution in [1.29, 1.82) is 0 Å². The Morgan fingerprint density at radius 3 is 2.35 bits per heavy atom. The zero-order valence-electron chi connectivity index (χ0n) is 10.5. The quantitative estimate of drug-likeness (QED) is 0.795. The number of hydrogen-bond acceptors (Lipinski definition) is 4. The van der Waals surface area contributed by atoms with Crippen LogP contribution < -0.4 is 0 Å². The molecule has 0 amide bonds. The molecule has 0 radical (unpaired) electrons. The van der Waals surface area contributed by atoms with Crippen molar-refractivity contribution in [3.05, 3.63) is 0 Å². The van der Waals surface area contributed by atoms with Gasteiger partial charge in [0.05, 0.1) is 11.9 Å². The van der Waals surface area contributed by atoms with Crippen LogP contribution in [0, 0.1) is 0 Å². The Morgan fingerprint density at radius 1 is 1.24 bits per heavy atom. The van der Waals surface area contributed by atoms with Crippen LogP contribution in [0.25, 0.3) is 0 Å². The second kappa shape index (κ2) is 5.24. The lowest BCUT2D eigenvalue weighted by Crippen LogP contribution is -2.45. The van der Waals surface area contributed by atoms with E-state index >= 15 is 0 Å². The highest BCUT2D eigenvalue weighted by Crippen LogP contribution is 2.35. The summed E-state index contributed by atoms with van der Waals surface area (Å²) in [5.74, 6) is 0.556. The van der Waals surface area contributed by atoms with E-state index in [9.17, 15) is 13.5 Å². The maximum Gasteiger partial charge on any atom is 0.150 e. The monoisotopic (exact) mass is 261 g/mol. The minimum Gasteiger partial charge on any atom is -0.393 e. The molecule has 0 aromatic carbocycles. The molecule has 5 heteroatoms. The third-order valence-corrected chi connectivity index (χ3v) is 5.96. The van der Waals surface area contributed by atoms with Crippen molar-refractivity contribution < 1.29 is 13.5 Å². The molecule has 100 valence electrons. The predicted octanol–water partition coefficient (Wildman–Crippen LogP) is 0.799. The molecule has 4 nitrogen and oxygen atoms in total. The van der Waals surface area contributed by atoms with Gasteiger partial charge in [0.2, 0.25) is 0 Å². The molecule has 2 unspecified atom stereocenters. The van der Waals surface area contributed by atoms with Crippen molar-refractivity contribution in [3.8, 4) is 0 Å². The van der Waals surface area contributed by atoms with Gasteiger partial charge in [-0.25, -0.2) is 8.42 Å². The van der Waals surface area contributed by atoms with Crippen LogP contribution in [0.1, 0.15) is 39.0 Å². The van der Waals surface area contributed by atoms with Crippen molar-refractivity contribution in [1.82, 2.24) is 4.90 Å². The summed E-state index contributed by atoms with van der Waals surface area (Å²) >= 11 is 0. The smallest absolute Gasteiger partial charge is 0.150 e. The number of aliphatic hydroxyl groups is 1.